The normalized spacial score (nSPS) is 18.4. The molecular formula is C20H27N3O4S. The number of piperidine rings is 1. The van der Waals surface area contributed by atoms with E-state index in [2.05, 4.69) is 4.98 Å². The van der Waals surface area contributed by atoms with E-state index in [1.54, 1.807) is 54.1 Å². The van der Waals surface area contributed by atoms with Gasteiger partial charge in [-0.1, -0.05) is 18.2 Å². The third-order valence-corrected chi connectivity index (χ3v) is 6.81. The quantitative estimate of drug-likeness (QED) is 0.729. The Morgan fingerprint density at radius 1 is 1.21 bits per heavy atom. The smallest absolute Gasteiger partial charge is 0.282 e. The second kappa shape index (κ2) is 9.47. The van der Waals surface area contributed by atoms with Crippen molar-refractivity contribution in [1.82, 2.24) is 13.6 Å². The minimum absolute atomic E-state index is 0.156. The highest BCUT2D eigenvalue weighted by molar-refractivity contribution is 7.86. The Hall–Kier alpha value is -2.00. The van der Waals surface area contributed by atoms with Crippen molar-refractivity contribution >= 4 is 10.2 Å². The van der Waals surface area contributed by atoms with Crippen LogP contribution in [0.2, 0.25) is 0 Å². The molecule has 1 aromatic carbocycles. The van der Waals surface area contributed by atoms with Gasteiger partial charge in [0.25, 0.3) is 10.2 Å². The molecule has 7 nitrogen and oxygen atoms in total. The zero-order chi connectivity index (χ0) is 20.0. The number of aromatic hydroxyl groups is 1. The topological polar surface area (TPSA) is 83.0 Å². The lowest BCUT2D eigenvalue weighted by atomic mass is 10.0. The Labute approximate surface area is 166 Å². The predicted octanol–water partition coefficient (Wildman–Crippen LogP) is 2.39. The number of aromatic nitrogens is 1. The number of methoxy groups -OCH3 is 1. The molecule has 1 saturated heterocycles. The van der Waals surface area contributed by atoms with E-state index in [1.165, 1.54) is 4.31 Å². The number of nitrogens with zero attached hydrogens (tertiary/aromatic N) is 3. The van der Waals surface area contributed by atoms with Gasteiger partial charge >= 0.3 is 0 Å². The molecule has 3 rings (SSSR count). The van der Waals surface area contributed by atoms with Crippen molar-refractivity contribution in [3.8, 4) is 5.75 Å². The Morgan fingerprint density at radius 2 is 1.96 bits per heavy atom. The lowest BCUT2D eigenvalue weighted by molar-refractivity contribution is 0.116. The van der Waals surface area contributed by atoms with Crippen LogP contribution in [-0.4, -0.2) is 53.9 Å². The molecule has 2 aromatic rings. The van der Waals surface area contributed by atoms with Crippen LogP contribution in [0.4, 0.5) is 0 Å². The van der Waals surface area contributed by atoms with Gasteiger partial charge in [-0.25, -0.2) is 0 Å². The lowest BCUT2D eigenvalue weighted by Crippen LogP contribution is -2.48. The highest BCUT2D eigenvalue weighted by atomic mass is 32.2. The van der Waals surface area contributed by atoms with Crippen molar-refractivity contribution in [2.75, 3.05) is 26.8 Å². The minimum Gasteiger partial charge on any atom is -0.508 e. The number of hydrogen-bond acceptors (Lipinski definition) is 5. The predicted molar refractivity (Wildman–Crippen MR) is 107 cm³/mol. The molecule has 0 aliphatic carbocycles. The third kappa shape index (κ3) is 5.29. The maximum atomic E-state index is 13.5. The molecule has 28 heavy (non-hydrogen) atoms. The fourth-order valence-corrected chi connectivity index (χ4v) is 5.20. The van der Waals surface area contributed by atoms with Crippen LogP contribution in [0.1, 0.15) is 24.0 Å². The van der Waals surface area contributed by atoms with Gasteiger partial charge in [-0.15, -0.1) is 0 Å². The van der Waals surface area contributed by atoms with E-state index in [-0.39, 0.29) is 24.8 Å². The number of ether oxygens (including phenoxy) is 1. The fourth-order valence-electron chi connectivity index (χ4n) is 3.49. The number of phenolic OH excluding ortho intramolecular Hbond substituents is 1. The Kier molecular flexibility index (Phi) is 7.01. The van der Waals surface area contributed by atoms with Gasteiger partial charge < -0.3 is 9.84 Å². The molecule has 1 aliphatic rings. The zero-order valence-corrected chi connectivity index (χ0v) is 16.9. The molecule has 1 unspecified atom stereocenters. The van der Waals surface area contributed by atoms with Crippen LogP contribution < -0.4 is 0 Å². The Balaban J connectivity index is 1.84. The maximum Gasteiger partial charge on any atom is 0.282 e. The summed E-state index contributed by atoms with van der Waals surface area (Å²) in [6.45, 7) is 2.01. The van der Waals surface area contributed by atoms with E-state index in [0.29, 0.717) is 19.7 Å². The van der Waals surface area contributed by atoms with Crippen LogP contribution >= 0.6 is 0 Å². The number of pyridine rings is 1. The first kappa shape index (κ1) is 20.7. The molecule has 1 N–H and O–H groups in total. The lowest BCUT2D eigenvalue weighted by Gasteiger charge is -2.35. The molecule has 0 bridgehead atoms. The molecule has 1 aliphatic heterocycles. The molecule has 152 valence electrons. The third-order valence-electron chi connectivity index (χ3n) is 4.91. The van der Waals surface area contributed by atoms with Crippen molar-refractivity contribution in [3.63, 3.8) is 0 Å². The van der Waals surface area contributed by atoms with Crippen molar-refractivity contribution in [1.29, 1.82) is 0 Å². The van der Waals surface area contributed by atoms with Gasteiger partial charge in [0.05, 0.1) is 6.61 Å². The van der Waals surface area contributed by atoms with Gasteiger partial charge in [-0.3, -0.25) is 4.98 Å². The van der Waals surface area contributed by atoms with Crippen LogP contribution in [0, 0.1) is 5.92 Å². The molecule has 2 heterocycles. The molecule has 0 amide bonds. The summed E-state index contributed by atoms with van der Waals surface area (Å²) in [4.78, 5) is 4.10. The number of phenols is 1. The average Bonchev–Trinajstić information content (AvgIpc) is 2.70. The number of rotatable bonds is 8. The van der Waals surface area contributed by atoms with Crippen molar-refractivity contribution < 1.29 is 18.3 Å². The SMILES string of the molecule is COCC1CCCN(S(=O)(=O)N(Cc2ccc(O)cc2)Cc2cccnc2)C1. The van der Waals surface area contributed by atoms with Gasteiger partial charge in [0.15, 0.2) is 0 Å². The van der Waals surface area contributed by atoms with Gasteiger partial charge in [-0.05, 0) is 48.1 Å². The van der Waals surface area contributed by atoms with Crippen LogP contribution in [-0.2, 0) is 28.0 Å². The van der Waals surface area contributed by atoms with Crippen LogP contribution in [0.15, 0.2) is 48.8 Å². The first-order valence-electron chi connectivity index (χ1n) is 9.40. The molecule has 0 spiro atoms. The maximum absolute atomic E-state index is 13.5. The summed E-state index contributed by atoms with van der Waals surface area (Å²) in [5.74, 6) is 0.367. The van der Waals surface area contributed by atoms with E-state index >= 15 is 0 Å². The molecule has 0 saturated carbocycles. The van der Waals surface area contributed by atoms with E-state index in [0.717, 1.165) is 24.0 Å². The fraction of sp³-hybridized carbons (Fsp3) is 0.450. The Morgan fingerprint density at radius 3 is 2.64 bits per heavy atom. The van der Waals surface area contributed by atoms with E-state index in [1.807, 2.05) is 6.07 Å². The van der Waals surface area contributed by atoms with E-state index < -0.39 is 10.2 Å². The summed E-state index contributed by atoms with van der Waals surface area (Å²) >= 11 is 0. The average molecular weight is 406 g/mol. The molecule has 1 aromatic heterocycles. The van der Waals surface area contributed by atoms with Crippen LogP contribution in [0.5, 0.6) is 5.75 Å². The minimum atomic E-state index is -3.66. The Bertz CT molecular complexity index is 842. The first-order chi connectivity index (χ1) is 13.5. The summed E-state index contributed by atoms with van der Waals surface area (Å²) in [7, 11) is -2.02. The van der Waals surface area contributed by atoms with Gasteiger partial charge in [0.2, 0.25) is 0 Å². The van der Waals surface area contributed by atoms with Crippen LogP contribution in [0.25, 0.3) is 0 Å². The molecule has 1 fully saturated rings. The van der Waals surface area contributed by atoms with E-state index in [4.69, 9.17) is 4.74 Å². The van der Waals surface area contributed by atoms with Crippen molar-refractivity contribution in [2.45, 2.75) is 25.9 Å². The highest BCUT2D eigenvalue weighted by Crippen LogP contribution is 2.24. The summed E-state index contributed by atoms with van der Waals surface area (Å²) in [5.41, 5.74) is 1.64. The summed E-state index contributed by atoms with van der Waals surface area (Å²) < 4.78 is 35.2. The monoisotopic (exact) mass is 405 g/mol. The summed E-state index contributed by atoms with van der Waals surface area (Å²) in [6.07, 6.45) is 5.15. The molecule has 1 atom stereocenters. The van der Waals surface area contributed by atoms with Gasteiger partial charge in [0, 0.05) is 45.7 Å². The number of benzene rings is 1. The van der Waals surface area contributed by atoms with Crippen molar-refractivity contribution in [2.24, 2.45) is 5.92 Å². The molecule has 0 radical (unpaired) electrons. The second-order valence-electron chi connectivity index (χ2n) is 7.13. The summed E-state index contributed by atoms with van der Waals surface area (Å²) in [5, 5.41) is 9.51. The van der Waals surface area contributed by atoms with Crippen LogP contribution in [0.3, 0.4) is 0 Å². The second-order valence-corrected chi connectivity index (χ2v) is 9.05. The summed E-state index contributed by atoms with van der Waals surface area (Å²) in [6, 6.07) is 10.3. The standard InChI is InChI=1S/C20H27N3O4S/c1-27-16-19-5-3-11-22(15-19)28(25,26)23(14-18-4-2-10-21-12-18)13-17-6-8-20(24)9-7-17/h2,4,6-10,12,19,24H,3,5,11,13-16H2,1H3. The van der Waals surface area contributed by atoms with Gasteiger partial charge in [-0.2, -0.15) is 17.0 Å². The van der Waals surface area contributed by atoms with Gasteiger partial charge in [0.1, 0.15) is 5.75 Å². The zero-order valence-electron chi connectivity index (χ0n) is 16.1. The first-order valence-corrected chi connectivity index (χ1v) is 10.8. The highest BCUT2D eigenvalue weighted by Gasteiger charge is 2.33. The van der Waals surface area contributed by atoms with E-state index in [9.17, 15) is 13.5 Å². The van der Waals surface area contributed by atoms with Crippen molar-refractivity contribution in [3.05, 3.63) is 59.9 Å². The molecule has 8 heteroatoms. The number of hydrogen-bond donors (Lipinski definition) is 1. The molecular weight excluding hydrogens is 378 g/mol. The largest absolute Gasteiger partial charge is 0.508 e.